The topological polar surface area (TPSA) is 208 Å². The van der Waals surface area contributed by atoms with Crippen LogP contribution in [0.2, 0.25) is 0 Å². The van der Waals surface area contributed by atoms with E-state index in [0.717, 1.165) is 12.2 Å². The summed E-state index contributed by atoms with van der Waals surface area (Å²) in [5.74, 6) is -3.83. The third-order valence-electron chi connectivity index (χ3n) is 1.92. The van der Waals surface area contributed by atoms with Crippen LogP contribution in [0.25, 0.3) is 0 Å². The molecule has 0 bridgehead atoms. The van der Waals surface area contributed by atoms with Crippen molar-refractivity contribution in [3.8, 4) is 0 Å². The van der Waals surface area contributed by atoms with Crippen LogP contribution < -0.4 is 0 Å². The second-order valence-corrected chi connectivity index (χ2v) is 4.93. The van der Waals surface area contributed by atoms with E-state index in [1.807, 2.05) is 0 Å². The van der Waals surface area contributed by atoms with Gasteiger partial charge in [-0.1, -0.05) is 26.3 Å². The predicted octanol–water partition coefficient (Wildman–Crippen LogP) is 0.812. The Morgan fingerprint density at radius 2 is 0.844 bits per heavy atom. The number of carboxylic acid groups (broad SMARTS) is 4. The molecule has 12 nitrogen and oxygen atoms in total. The third-order valence-corrected chi connectivity index (χ3v) is 1.92. The average molecular weight is 466 g/mol. The van der Waals surface area contributed by atoms with Gasteiger partial charge in [-0.25, -0.2) is 19.2 Å². The number of aliphatic hydroxyl groups excluding tert-OH is 2. The van der Waals surface area contributed by atoms with E-state index in [9.17, 15) is 19.2 Å². The van der Waals surface area contributed by atoms with E-state index in [2.05, 4.69) is 26.3 Å². The highest BCUT2D eigenvalue weighted by Gasteiger charge is 1.90. The molecule has 0 unspecified atom stereocenters. The molecule has 0 saturated carbocycles. The maximum Gasteiger partial charge on any atom is 0.330 e. The van der Waals surface area contributed by atoms with Gasteiger partial charge in [-0.15, -0.1) is 0 Å². The third kappa shape index (κ3) is 71.6. The summed E-state index contributed by atoms with van der Waals surface area (Å²) >= 11 is 0. The van der Waals surface area contributed by atoms with Crippen LogP contribution in [-0.2, 0) is 28.7 Å². The van der Waals surface area contributed by atoms with Crippen molar-refractivity contribution in [3.05, 3.63) is 49.6 Å². The highest BCUT2D eigenvalue weighted by molar-refractivity contribution is 5.85. The molecular weight excluding hydrogens is 432 g/mol. The predicted molar refractivity (Wildman–Crippen MR) is 116 cm³/mol. The first-order valence-corrected chi connectivity index (χ1v) is 8.60. The Morgan fingerprint density at radius 3 is 0.938 bits per heavy atom. The van der Waals surface area contributed by atoms with E-state index in [4.69, 9.17) is 40.1 Å². The first kappa shape index (κ1) is 39.2. The number of aliphatic hydroxyl groups is 2. The zero-order chi connectivity index (χ0) is 26.5. The maximum atomic E-state index is 9.60. The van der Waals surface area contributed by atoms with Crippen molar-refractivity contribution in [1.82, 2.24) is 0 Å². The molecule has 12 heteroatoms. The number of hydrogen-bond donors (Lipinski definition) is 6. The molecule has 0 radical (unpaired) electrons. The minimum atomic E-state index is -0.981. The quantitative estimate of drug-likeness (QED) is 0.185. The van der Waals surface area contributed by atoms with Crippen LogP contribution in [-0.4, -0.2) is 94.2 Å². The normalized spacial score (nSPS) is 8.00. The molecule has 0 aliphatic heterocycles. The number of ether oxygens (including phenoxy) is 2. The van der Waals surface area contributed by atoms with E-state index >= 15 is 0 Å². The van der Waals surface area contributed by atoms with Crippen LogP contribution >= 0.6 is 0 Å². The molecule has 0 fully saturated rings. The number of hydrogen-bond acceptors (Lipinski definition) is 8. The highest BCUT2D eigenvalue weighted by Crippen LogP contribution is 1.81. The summed E-state index contributed by atoms with van der Waals surface area (Å²) in [7, 11) is 0. The van der Waals surface area contributed by atoms with Crippen molar-refractivity contribution in [2.45, 2.75) is 13.8 Å². The Morgan fingerprint density at radius 1 is 0.656 bits per heavy atom. The molecule has 32 heavy (non-hydrogen) atoms. The molecule has 0 rings (SSSR count). The first-order valence-electron chi connectivity index (χ1n) is 8.60. The zero-order valence-corrected chi connectivity index (χ0v) is 18.4. The fourth-order valence-corrected chi connectivity index (χ4v) is 0.451. The smallest absolute Gasteiger partial charge is 0.330 e. The Balaban J connectivity index is -0.0000000981. The van der Waals surface area contributed by atoms with Crippen LogP contribution in [0.15, 0.2) is 49.6 Å². The van der Waals surface area contributed by atoms with Gasteiger partial charge in [-0.2, -0.15) is 0 Å². The summed E-state index contributed by atoms with van der Waals surface area (Å²) in [6, 6.07) is 0. The zero-order valence-electron chi connectivity index (χ0n) is 18.4. The summed E-state index contributed by atoms with van der Waals surface area (Å²) in [6.07, 6.45) is 1.67. The lowest BCUT2D eigenvalue weighted by Gasteiger charge is -2.01. The molecule has 0 saturated heterocycles. The van der Waals surface area contributed by atoms with Crippen molar-refractivity contribution in [2.24, 2.45) is 0 Å². The molecule has 0 heterocycles. The van der Waals surface area contributed by atoms with Crippen molar-refractivity contribution in [1.29, 1.82) is 0 Å². The lowest BCUT2D eigenvalue weighted by atomic mass is 10.4. The van der Waals surface area contributed by atoms with Crippen molar-refractivity contribution < 1.29 is 59.3 Å². The summed E-state index contributed by atoms with van der Waals surface area (Å²) in [5.41, 5.74) is 0.352. The van der Waals surface area contributed by atoms with Gasteiger partial charge in [0, 0.05) is 23.3 Å². The molecule has 0 aromatic heterocycles. The van der Waals surface area contributed by atoms with Gasteiger partial charge >= 0.3 is 23.9 Å². The Bertz CT molecular complexity index is 493. The van der Waals surface area contributed by atoms with Gasteiger partial charge in [-0.05, 0) is 13.8 Å². The van der Waals surface area contributed by atoms with Crippen molar-refractivity contribution >= 4 is 23.9 Å². The maximum absolute atomic E-state index is 9.60. The van der Waals surface area contributed by atoms with Crippen LogP contribution in [0.5, 0.6) is 0 Å². The van der Waals surface area contributed by atoms with E-state index in [0.29, 0.717) is 26.4 Å². The van der Waals surface area contributed by atoms with Crippen LogP contribution in [0.3, 0.4) is 0 Å². The van der Waals surface area contributed by atoms with Gasteiger partial charge in [0.15, 0.2) is 0 Å². The second kappa shape index (κ2) is 32.3. The first-order chi connectivity index (χ1) is 14.7. The van der Waals surface area contributed by atoms with Crippen molar-refractivity contribution in [3.63, 3.8) is 0 Å². The highest BCUT2D eigenvalue weighted by atomic mass is 16.5. The SMILES string of the molecule is C=C(C)C(=O)O.C=C(C)C(=O)O.C=CC(=O)O.C=CC(=O)O.OCCOCCOCCO. The summed E-state index contributed by atoms with van der Waals surface area (Å²) in [6.45, 7) is 16.9. The monoisotopic (exact) mass is 466 g/mol. The standard InChI is InChI=1S/C6H14O4.2C4H6O2.2C3H4O2/c7-1-3-9-5-6-10-4-2-8;2*1-3(2)4(5)6;2*1-2-3(4)5/h7-8H,1-6H2;2*1H2,2H3,(H,5,6);2*2H,1H2,(H,4,5). The fourth-order valence-electron chi connectivity index (χ4n) is 0.451. The molecule has 0 aliphatic rings. The molecule has 0 spiro atoms. The lowest BCUT2D eigenvalue weighted by Crippen LogP contribution is -2.09. The largest absolute Gasteiger partial charge is 0.478 e. The van der Waals surface area contributed by atoms with Gasteiger partial charge in [-0.3, -0.25) is 0 Å². The number of carboxylic acids is 4. The summed E-state index contributed by atoms with van der Waals surface area (Å²) < 4.78 is 9.75. The molecule has 0 aromatic carbocycles. The van der Waals surface area contributed by atoms with E-state index in [-0.39, 0.29) is 24.4 Å². The van der Waals surface area contributed by atoms with Gasteiger partial charge in [0.25, 0.3) is 0 Å². The van der Waals surface area contributed by atoms with Gasteiger partial charge in [0.05, 0.1) is 39.6 Å². The van der Waals surface area contributed by atoms with E-state index in [1.165, 1.54) is 13.8 Å². The molecule has 6 N–H and O–H groups in total. The molecule has 0 aliphatic carbocycles. The molecular formula is C20H34O12. The summed E-state index contributed by atoms with van der Waals surface area (Å²) in [4.78, 5) is 37.7. The second-order valence-electron chi connectivity index (χ2n) is 4.93. The van der Waals surface area contributed by atoms with Gasteiger partial charge in [0.1, 0.15) is 0 Å². The minimum absolute atomic E-state index is 0.0417. The van der Waals surface area contributed by atoms with Gasteiger partial charge < -0.3 is 40.1 Å². The number of aliphatic carboxylic acids is 4. The van der Waals surface area contributed by atoms with Crippen LogP contribution in [0.4, 0.5) is 0 Å². The number of carbonyl (C=O) groups is 4. The molecule has 0 aromatic rings. The molecule has 0 amide bonds. The number of rotatable bonds is 11. The molecule has 186 valence electrons. The minimum Gasteiger partial charge on any atom is -0.478 e. The Kier molecular flexibility index (Phi) is 39.6. The summed E-state index contributed by atoms with van der Waals surface area (Å²) in [5, 5.41) is 47.5. The Labute approximate surface area is 187 Å². The Hall–Kier alpha value is -3.32. The van der Waals surface area contributed by atoms with Crippen LogP contribution in [0, 0.1) is 0 Å². The van der Waals surface area contributed by atoms with E-state index in [1.54, 1.807) is 0 Å². The fraction of sp³-hybridized carbons (Fsp3) is 0.400. The van der Waals surface area contributed by atoms with E-state index < -0.39 is 23.9 Å². The van der Waals surface area contributed by atoms with Crippen molar-refractivity contribution in [2.75, 3.05) is 39.6 Å². The lowest BCUT2D eigenvalue weighted by molar-refractivity contribution is -0.133. The van der Waals surface area contributed by atoms with Gasteiger partial charge in [0.2, 0.25) is 0 Å². The molecule has 0 atom stereocenters. The van der Waals surface area contributed by atoms with Crippen LogP contribution in [0.1, 0.15) is 13.8 Å². The average Bonchev–Trinajstić information content (AvgIpc) is 2.72.